The van der Waals surface area contributed by atoms with Crippen LogP contribution in [-0.4, -0.2) is 50.4 Å². The Kier molecular flexibility index (Phi) is 3.74. The Hall–Kier alpha value is -1.99. The number of anilines is 1. The number of piperazine rings is 1. The van der Waals surface area contributed by atoms with Crippen LogP contribution in [0.4, 0.5) is 5.82 Å². The summed E-state index contributed by atoms with van der Waals surface area (Å²) in [5, 5.41) is 1.16. The molecule has 1 aliphatic rings. The fourth-order valence-electron chi connectivity index (χ4n) is 3.10. The molecule has 0 spiro atoms. The number of rotatable bonds is 3. The van der Waals surface area contributed by atoms with Gasteiger partial charge in [0.05, 0.1) is 10.7 Å². The topological polar surface area (TPSA) is 49.6 Å². The average Bonchev–Trinajstić information content (AvgIpc) is 3.14. The van der Waals surface area contributed by atoms with Gasteiger partial charge in [0.2, 0.25) is 0 Å². The fourth-order valence-corrected chi connectivity index (χ4v) is 4.08. The molecule has 0 amide bonds. The van der Waals surface area contributed by atoms with Gasteiger partial charge in [-0.1, -0.05) is 0 Å². The van der Waals surface area contributed by atoms with Crippen LogP contribution in [0.1, 0.15) is 15.6 Å². The van der Waals surface area contributed by atoms with Gasteiger partial charge in [-0.05, 0) is 13.8 Å². The maximum absolute atomic E-state index is 4.55. The van der Waals surface area contributed by atoms with Crippen LogP contribution in [0, 0.1) is 13.8 Å². The molecule has 0 N–H and O–H groups in total. The van der Waals surface area contributed by atoms with E-state index in [-0.39, 0.29) is 0 Å². The third-order valence-corrected chi connectivity index (χ3v) is 5.39. The molecule has 120 valence electrons. The lowest BCUT2D eigenvalue weighted by Gasteiger charge is -2.35. The van der Waals surface area contributed by atoms with Crippen molar-refractivity contribution in [1.82, 2.24) is 24.3 Å². The van der Waals surface area contributed by atoms with Gasteiger partial charge in [-0.15, -0.1) is 11.3 Å². The summed E-state index contributed by atoms with van der Waals surface area (Å²) in [4.78, 5) is 19.7. The summed E-state index contributed by atoms with van der Waals surface area (Å²) in [5.74, 6) is 0.988. The Morgan fingerprint density at radius 3 is 2.48 bits per heavy atom. The lowest BCUT2D eigenvalue weighted by atomic mass is 10.3. The van der Waals surface area contributed by atoms with E-state index in [2.05, 4.69) is 38.6 Å². The minimum absolute atomic E-state index is 0.940. The van der Waals surface area contributed by atoms with Gasteiger partial charge < -0.3 is 9.30 Å². The van der Waals surface area contributed by atoms with Crippen molar-refractivity contribution in [3.05, 3.63) is 40.4 Å². The summed E-state index contributed by atoms with van der Waals surface area (Å²) >= 11 is 1.82. The number of aromatic nitrogens is 4. The third kappa shape index (κ3) is 2.82. The fraction of sp³-hybridized carbons (Fsp3) is 0.438. The summed E-state index contributed by atoms with van der Waals surface area (Å²) in [6.07, 6.45) is 7.58. The highest BCUT2D eigenvalue weighted by Crippen LogP contribution is 2.22. The number of aryl methyl sites for hydroxylation is 2. The molecule has 6 nitrogen and oxygen atoms in total. The van der Waals surface area contributed by atoms with Crippen LogP contribution in [0.25, 0.3) is 5.65 Å². The number of thiazole rings is 1. The Bertz CT molecular complexity index is 815. The molecular weight excluding hydrogens is 308 g/mol. The molecule has 7 heteroatoms. The van der Waals surface area contributed by atoms with E-state index >= 15 is 0 Å². The Morgan fingerprint density at radius 2 is 1.78 bits per heavy atom. The number of nitrogens with zero attached hydrogens (tertiary/aromatic N) is 6. The number of hydrogen-bond donors (Lipinski definition) is 0. The van der Waals surface area contributed by atoms with Gasteiger partial charge in [0.15, 0.2) is 11.5 Å². The number of fused-ring (bicyclic) bond motifs is 1. The minimum atomic E-state index is 0.940. The van der Waals surface area contributed by atoms with Gasteiger partial charge in [-0.3, -0.25) is 4.90 Å². The smallest absolute Gasteiger partial charge is 0.180 e. The predicted molar refractivity (Wildman–Crippen MR) is 92.1 cm³/mol. The molecule has 3 aromatic heterocycles. The normalized spacial score (nSPS) is 16.3. The Morgan fingerprint density at radius 1 is 1.04 bits per heavy atom. The van der Waals surface area contributed by atoms with Crippen molar-refractivity contribution in [3.63, 3.8) is 0 Å². The quantitative estimate of drug-likeness (QED) is 0.737. The van der Waals surface area contributed by atoms with Crippen molar-refractivity contribution in [3.8, 4) is 0 Å². The molecule has 4 rings (SSSR count). The molecule has 0 saturated carbocycles. The molecule has 0 aromatic carbocycles. The van der Waals surface area contributed by atoms with E-state index in [9.17, 15) is 0 Å². The van der Waals surface area contributed by atoms with Gasteiger partial charge in [0.25, 0.3) is 0 Å². The second kappa shape index (κ2) is 5.90. The highest BCUT2D eigenvalue weighted by atomic mass is 32.1. The number of hydrogen-bond acceptors (Lipinski definition) is 6. The maximum atomic E-state index is 4.55. The first-order valence-electron chi connectivity index (χ1n) is 7.88. The van der Waals surface area contributed by atoms with E-state index in [1.165, 1.54) is 10.6 Å². The zero-order valence-electron chi connectivity index (χ0n) is 13.4. The molecule has 4 heterocycles. The van der Waals surface area contributed by atoms with Gasteiger partial charge in [0.1, 0.15) is 0 Å². The molecule has 1 aliphatic heterocycles. The van der Waals surface area contributed by atoms with Gasteiger partial charge in [0, 0.05) is 62.4 Å². The van der Waals surface area contributed by atoms with E-state index in [1.54, 1.807) is 0 Å². The average molecular weight is 328 g/mol. The van der Waals surface area contributed by atoms with Crippen molar-refractivity contribution in [2.24, 2.45) is 0 Å². The standard InChI is InChI=1S/C16H20N6S/c1-12-14(23-13(2)19-12)11-20-7-9-22(10-8-20)16-15-17-3-5-21(15)6-4-18-16/h3-6H,7-11H2,1-2H3. The van der Waals surface area contributed by atoms with Crippen molar-refractivity contribution >= 4 is 22.8 Å². The lowest BCUT2D eigenvalue weighted by Crippen LogP contribution is -2.46. The maximum Gasteiger partial charge on any atom is 0.180 e. The van der Waals surface area contributed by atoms with E-state index < -0.39 is 0 Å². The van der Waals surface area contributed by atoms with E-state index in [0.717, 1.165) is 49.2 Å². The number of imidazole rings is 1. The largest absolute Gasteiger partial charge is 0.351 e. The molecule has 3 aromatic rings. The van der Waals surface area contributed by atoms with Crippen LogP contribution in [0.3, 0.4) is 0 Å². The molecule has 0 aliphatic carbocycles. The SMILES string of the molecule is Cc1nc(C)c(CN2CCN(c3nccn4ccnc34)CC2)s1. The van der Waals surface area contributed by atoms with Crippen molar-refractivity contribution in [2.45, 2.75) is 20.4 Å². The zero-order chi connectivity index (χ0) is 15.8. The Balaban J connectivity index is 1.45. The lowest BCUT2D eigenvalue weighted by molar-refractivity contribution is 0.251. The third-order valence-electron chi connectivity index (χ3n) is 4.33. The van der Waals surface area contributed by atoms with Crippen LogP contribution >= 0.6 is 11.3 Å². The molecule has 0 atom stereocenters. The molecule has 23 heavy (non-hydrogen) atoms. The molecule has 0 unspecified atom stereocenters. The van der Waals surface area contributed by atoms with Gasteiger partial charge in [-0.2, -0.15) is 0 Å². The summed E-state index contributed by atoms with van der Waals surface area (Å²) in [5.41, 5.74) is 2.12. The highest BCUT2D eigenvalue weighted by molar-refractivity contribution is 7.11. The van der Waals surface area contributed by atoms with Crippen LogP contribution in [0.5, 0.6) is 0 Å². The first kappa shape index (κ1) is 14.6. The minimum Gasteiger partial charge on any atom is -0.351 e. The predicted octanol–water partition coefficient (Wildman–Crippen LogP) is 2.12. The van der Waals surface area contributed by atoms with Crippen molar-refractivity contribution in [2.75, 3.05) is 31.1 Å². The van der Waals surface area contributed by atoms with Crippen molar-refractivity contribution < 1.29 is 0 Å². The second-order valence-corrected chi connectivity index (χ2v) is 7.20. The second-order valence-electron chi connectivity index (χ2n) is 5.91. The molecule has 0 bridgehead atoms. The molecule has 1 fully saturated rings. The first-order chi connectivity index (χ1) is 11.2. The van der Waals surface area contributed by atoms with E-state index in [1.807, 2.05) is 40.5 Å². The molecule has 0 radical (unpaired) electrons. The monoisotopic (exact) mass is 328 g/mol. The molecule has 1 saturated heterocycles. The van der Waals surface area contributed by atoms with Crippen LogP contribution in [-0.2, 0) is 6.54 Å². The Labute approximate surface area is 139 Å². The first-order valence-corrected chi connectivity index (χ1v) is 8.70. The van der Waals surface area contributed by atoms with Crippen LogP contribution in [0.15, 0.2) is 24.8 Å². The van der Waals surface area contributed by atoms with Crippen LogP contribution < -0.4 is 4.90 Å². The van der Waals surface area contributed by atoms with Gasteiger partial charge in [-0.25, -0.2) is 15.0 Å². The highest BCUT2D eigenvalue weighted by Gasteiger charge is 2.21. The van der Waals surface area contributed by atoms with Crippen molar-refractivity contribution in [1.29, 1.82) is 0 Å². The van der Waals surface area contributed by atoms with Gasteiger partial charge >= 0.3 is 0 Å². The summed E-state index contributed by atoms with van der Waals surface area (Å²) in [7, 11) is 0. The zero-order valence-corrected chi connectivity index (χ0v) is 14.3. The molecular formula is C16H20N6S. The van der Waals surface area contributed by atoms with Crippen LogP contribution in [0.2, 0.25) is 0 Å². The van der Waals surface area contributed by atoms with E-state index in [4.69, 9.17) is 0 Å². The summed E-state index contributed by atoms with van der Waals surface area (Å²) in [6.45, 7) is 9.24. The summed E-state index contributed by atoms with van der Waals surface area (Å²) in [6, 6.07) is 0. The summed E-state index contributed by atoms with van der Waals surface area (Å²) < 4.78 is 2.03. The van der Waals surface area contributed by atoms with E-state index in [0.29, 0.717) is 0 Å².